The van der Waals surface area contributed by atoms with Crippen molar-refractivity contribution >= 4 is 17.4 Å². The summed E-state index contributed by atoms with van der Waals surface area (Å²) >= 11 is 0. The number of carbonyl (C=O) groups excluding carboxylic acids is 1. The van der Waals surface area contributed by atoms with Crippen LogP contribution in [-0.4, -0.2) is 25.5 Å². The highest BCUT2D eigenvalue weighted by Gasteiger charge is 2.37. The molecule has 0 spiro atoms. The van der Waals surface area contributed by atoms with Gasteiger partial charge in [-0.1, -0.05) is 0 Å². The van der Waals surface area contributed by atoms with Gasteiger partial charge in [-0.3, -0.25) is 4.79 Å². The van der Waals surface area contributed by atoms with E-state index in [1.165, 1.54) is 13.0 Å². The predicted octanol–water partition coefficient (Wildman–Crippen LogP) is 2.67. The van der Waals surface area contributed by atoms with Crippen molar-refractivity contribution in [2.75, 3.05) is 5.32 Å². The van der Waals surface area contributed by atoms with Crippen molar-refractivity contribution in [3.63, 3.8) is 0 Å². The third-order valence-electron chi connectivity index (χ3n) is 2.84. The summed E-state index contributed by atoms with van der Waals surface area (Å²) in [6, 6.07) is 4.38. The van der Waals surface area contributed by atoms with Gasteiger partial charge in [-0.25, -0.2) is 9.97 Å². The van der Waals surface area contributed by atoms with Crippen LogP contribution in [0.15, 0.2) is 22.6 Å². The summed E-state index contributed by atoms with van der Waals surface area (Å²) in [6.45, 7) is 2.94. The lowest BCUT2D eigenvalue weighted by Crippen LogP contribution is -2.10. The van der Waals surface area contributed by atoms with E-state index in [1.54, 1.807) is 19.1 Å². The molecule has 0 saturated carbocycles. The number of amides is 1. The molecule has 0 unspecified atom stereocenters. The van der Waals surface area contributed by atoms with E-state index in [2.05, 4.69) is 20.4 Å². The highest BCUT2D eigenvalue weighted by molar-refractivity contribution is 5.88. The molecule has 3 heterocycles. The zero-order chi connectivity index (χ0) is 16.8. The third kappa shape index (κ3) is 2.87. The Morgan fingerprint density at radius 2 is 2.04 bits per heavy atom. The zero-order valence-corrected chi connectivity index (χ0v) is 12.0. The first-order chi connectivity index (χ1) is 10.7. The lowest BCUT2D eigenvalue weighted by Gasteiger charge is -2.05. The molecule has 120 valence electrons. The third-order valence-corrected chi connectivity index (χ3v) is 2.84. The van der Waals surface area contributed by atoms with Crippen molar-refractivity contribution in [3.05, 3.63) is 29.8 Å². The van der Waals surface area contributed by atoms with E-state index in [0.29, 0.717) is 5.76 Å². The molecule has 0 bridgehead atoms. The second-order valence-corrected chi connectivity index (χ2v) is 4.76. The van der Waals surface area contributed by atoms with Crippen molar-refractivity contribution in [2.45, 2.75) is 20.0 Å². The Hall–Kier alpha value is -2.91. The number of hydrogen-bond acceptors (Lipinski definition) is 5. The summed E-state index contributed by atoms with van der Waals surface area (Å²) in [5.41, 5.74) is -0.111. The standard InChI is InChI=1S/C13H10F3N5O2/c1-6-3-4-8(23-6)11-18-9(17-7(2)22)5-10-19-12(13(14,15)16)20-21(10)11/h3-5H,1-2H3,(H,17,22). The Morgan fingerprint density at radius 1 is 1.30 bits per heavy atom. The second-order valence-electron chi connectivity index (χ2n) is 4.76. The molecule has 7 nitrogen and oxygen atoms in total. The summed E-state index contributed by atoms with van der Waals surface area (Å²) in [5, 5.41) is 5.84. The van der Waals surface area contributed by atoms with Gasteiger partial charge in [0.15, 0.2) is 11.4 Å². The van der Waals surface area contributed by atoms with Gasteiger partial charge >= 0.3 is 6.18 Å². The van der Waals surface area contributed by atoms with Gasteiger partial charge < -0.3 is 9.73 Å². The number of alkyl halides is 3. The van der Waals surface area contributed by atoms with Gasteiger partial charge in [-0.15, -0.1) is 5.10 Å². The summed E-state index contributed by atoms with van der Waals surface area (Å²) in [5.74, 6) is -0.908. The summed E-state index contributed by atoms with van der Waals surface area (Å²) in [7, 11) is 0. The molecule has 3 aromatic rings. The maximum Gasteiger partial charge on any atom is 0.453 e. The summed E-state index contributed by atoms with van der Waals surface area (Å²) < 4.78 is 44.8. The van der Waals surface area contributed by atoms with Crippen molar-refractivity contribution in [1.82, 2.24) is 19.6 Å². The minimum atomic E-state index is -4.70. The Balaban J connectivity index is 2.25. The van der Waals surface area contributed by atoms with Gasteiger partial charge in [0.1, 0.15) is 11.6 Å². The number of hydrogen-bond donors (Lipinski definition) is 1. The lowest BCUT2D eigenvalue weighted by molar-refractivity contribution is -0.144. The zero-order valence-electron chi connectivity index (χ0n) is 12.0. The predicted molar refractivity (Wildman–Crippen MR) is 72.5 cm³/mol. The monoisotopic (exact) mass is 325 g/mol. The number of nitrogens with zero attached hydrogens (tertiary/aromatic N) is 4. The average Bonchev–Trinajstić information content (AvgIpc) is 3.02. The van der Waals surface area contributed by atoms with E-state index < -0.39 is 17.9 Å². The number of aromatic nitrogens is 4. The van der Waals surface area contributed by atoms with Gasteiger partial charge in [0.05, 0.1) is 0 Å². The van der Waals surface area contributed by atoms with Gasteiger partial charge in [0.2, 0.25) is 11.7 Å². The molecule has 23 heavy (non-hydrogen) atoms. The minimum absolute atomic E-state index is 0.00218. The molecule has 0 saturated heterocycles. The second kappa shape index (κ2) is 5.07. The molecular weight excluding hydrogens is 315 g/mol. The van der Waals surface area contributed by atoms with Crippen LogP contribution in [-0.2, 0) is 11.0 Å². The highest BCUT2D eigenvalue weighted by Crippen LogP contribution is 2.29. The largest absolute Gasteiger partial charge is 0.458 e. The minimum Gasteiger partial charge on any atom is -0.458 e. The molecule has 0 aliphatic heterocycles. The van der Waals surface area contributed by atoms with E-state index >= 15 is 0 Å². The summed E-state index contributed by atoms with van der Waals surface area (Å²) in [6.07, 6.45) is -4.70. The Bertz CT molecular complexity index is 897. The number of fused-ring (bicyclic) bond motifs is 1. The number of furan rings is 1. The average molecular weight is 325 g/mol. The first kappa shape index (κ1) is 15.0. The normalized spacial score (nSPS) is 11.9. The molecule has 0 aliphatic rings. The topological polar surface area (TPSA) is 85.3 Å². The maximum atomic E-state index is 12.8. The van der Waals surface area contributed by atoms with Crippen LogP contribution in [0, 0.1) is 6.92 Å². The number of rotatable bonds is 2. The van der Waals surface area contributed by atoms with Crippen molar-refractivity contribution in [2.24, 2.45) is 0 Å². The molecular formula is C13H10F3N5O2. The van der Waals surface area contributed by atoms with Gasteiger partial charge in [0, 0.05) is 13.0 Å². The number of nitrogens with one attached hydrogen (secondary N) is 1. The van der Waals surface area contributed by atoms with E-state index in [-0.39, 0.29) is 23.0 Å². The van der Waals surface area contributed by atoms with Crippen LogP contribution in [0.5, 0.6) is 0 Å². The fourth-order valence-corrected chi connectivity index (χ4v) is 1.97. The molecule has 1 amide bonds. The molecule has 0 fully saturated rings. The van der Waals surface area contributed by atoms with E-state index in [0.717, 1.165) is 4.52 Å². The van der Waals surface area contributed by atoms with Crippen LogP contribution >= 0.6 is 0 Å². The van der Waals surface area contributed by atoms with Crippen LogP contribution < -0.4 is 5.32 Å². The molecule has 0 aliphatic carbocycles. The van der Waals surface area contributed by atoms with E-state index in [4.69, 9.17) is 4.42 Å². The Morgan fingerprint density at radius 3 is 2.61 bits per heavy atom. The smallest absolute Gasteiger partial charge is 0.453 e. The Labute approximate surface area is 127 Å². The molecule has 10 heteroatoms. The Kier molecular flexibility index (Phi) is 3.31. The first-order valence-corrected chi connectivity index (χ1v) is 6.43. The van der Waals surface area contributed by atoms with Crippen LogP contribution in [0.25, 0.3) is 17.2 Å². The summed E-state index contributed by atoms with van der Waals surface area (Å²) in [4.78, 5) is 18.7. The van der Waals surface area contributed by atoms with Gasteiger partial charge in [-0.05, 0) is 19.1 Å². The molecule has 0 radical (unpaired) electrons. The van der Waals surface area contributed by atoms with Crippen molar-refractivity contribution < 1.29 is 22.4 Å². The van der Waals surface area contributed by atoms with Crippen LogP contribution in [0.4, 0.5) is 19.0 Å². The fourth-order valence-electron chi connectivity index (χ4n) is 1.97. The molecule has 1 N–H and O–H groups in total. The molecule has 0 atom stereocenters. The number of anilines is 1. The molecule has 0 aromatic carbocycles. The number of halogens is 3. The van der Waals surface area contributed by atoms with Crippen molar-refractivity contribution in [3.8, 4) is 11.6 Å². The fraction of sp³-hybridized carbons (Fsp3) is 0.231. The van der Waals surface area contributed by atoms with Crippen LogP contribution in [0.3, 0.4) is 0 Å². The van der Waals surface area contributed by atoms with Crippen molar-refractivity contribution in [1.29, 1.82) is 0 Å². The highest BCUT2D eigenvalue weighted by atomic mass is 19.4. The lowest BCUT2D eigenvalue weighted by atomic mass is 10.4. The SMILES string of the molecule is CC(=O)Nc1cc2nc(C(F)(F)F)nn2c(-c2ccc(C)o2)n1. The van der Waals surface area contributed by atoms with E-state index in [1.807, 2.05) is 0 Å². The van der Waals surface area contributed by atoms with Crippen LogP contribution in [0.1, 0.15) is 18.5 Å². The first-order valence-electron chi connectivity index (χ1n) is 6.43. The number of aryl methyl sites for hydroxylation is 1. The quantitative estimate of drug-likeness (QED) is 0.783. The van der Waals surface area contributed by atoms with Crippen LogP contribution in [0.2, 0.25) is 0 Å². The molecule has 3 aromatic heterocycles. The number of carbonyl (C=O) groups is 1. The van der Waals surface area contributed by atoms with E-state index in [9.17, 15) is 18.0 Å². The van der Waals surface area contributed by atoms with Gasteiger partial charge in [-0.2, -0.15) is 17.7 Å². The molecule has 3 rings (SSSR count). The van der Waals surface area contributed by atoms with Gasteiger partial charge in [0.25, 0.3) is 5.82 Å². The maximum absolute atomic E-state index is 12.8.